The van der Waals surface area contributed by atoms with Crippen molar-refractivity contribution in [2.75, 3.05) is 5.70 Å². The van der Waals surface area contributed by atoms with Gasteiger partial charge in [-0.3, -0.25) is 0 Å². The number of sulfone groups is 1. The van der Waals surface area contributed by atoms with Crippen LogP contribution in [0.3, 0.4) is 0 Å². The zero-order valence-corrected chi connectivity index (χ0v) is 12.5. The SMILES string of the molecule is [2H]C1([2H])C(C)=CC(C/C=C(\C)CCC=C(C)C)S1(=O)=O. The van der Waals surface area contributed by atoms with Crippen molar-refractivity contribution < 1.29 is 11.2 Å². The first-order valence-corrected chi connectivity index (χ1v) is 7.85. The molecule has 1 atom stereocenters. The highest BCUT2D eigenvalue weighted by Gasteiger charge is 2.28. The van der Waals surface area contributed by atoms with Crippen LogP contribution >= 0.6 is 0 Å². The van der Waals surface area contributed by atoms with Crippen LogP contribution in [0.2, 0.25) is 0 Å². The Labute approximate surface area is 114 Å². The second-order valence-corrected chi connectivity index (χ2v) is 7.04. The van der Waals surface area contributed by atoms with Crippen molar-refractivity contribution in [3.8, 4) is 0 Å². The molecule has 0 bridgehead atoms. The Hall–Kier alpha value is -0.830. The Bertz CT molecular complexity index is 550. The average Bonchev–Trinajstić information content (AvgIpc) is 2.46. The van der Waals surface area contributed by atoms with Gasteiger partial charge in [-0.15, -0.1) is 0 Å². The Kier molecular flexibility index (Phi) is 4.32. The predicted molar refractivity (Wildman–Crippen MR) is 78.4 cm³/mol. The maximum absolute atomic E-state index is 12.1. The normalized spacial score (nSPS) is 27.2. The molecule has 1 aliphatic heterocycles. The molecule has 0 aromatic rings. The minimum atomic E-state index is -3.76. The lowest BCUT2D eigenvalue weighted by atomic mass is 10.1. The van der Waals surface area contributed by atoms with Crippen LogP contribution in [0.15, 0.2) is 34.9 Å². The molecule has 0 aromatic heterocycles. The van der Waals surface area contributed by atoms with Crippen molar-refractivity contribution in [2.24, 2.45) is 0 Å². The van der Waals surface area contributed by atoms with Gasteiger partial charge in [0.25, 0.3) is 0 Å². The van der Waals surface area contributed by atoms with Crippen LogP contribution in [0.25, 0.3) is 0 Å². The molecule has 0 amide bonds. The van der Waals surface area contributed by atoms with E-state index in [0.717, 1.165) is 18.4 Å². The van der Waals surface area contributed by atoms with E-state index in [2.05, 4.69) is 19.9 Å². The smallest absolute Gasteiger partial charge is 0.160 e. The van der Waals surface area contributed by atoms with Gasteiger partial charge < -0.3 is 0 Å². The van der Waals surface area contributed by atoms with Crippen LogP contribution in [0.1, 0.15) is 49.7 Å². The third kappa shape index (κ3) is 4.81. The van der Waals surface area contributed by atoms with Gasteiger partial charge in [-0.05, 0) is 47.0 Å². The van der Waals surface area contributed by atoms with Crippen LogP contribution in [-0.2, 0) is 9.84 Å². The third-order valence-electron chi connectivity index (χ3n) is 2.93. The molecular formula is C15H24O2S. The minimum Gasteiger partial charge on any atom is -0.228 e. The molecule has 0 aromatic carbocycles. The fourth-order valence-corrected chi connectivity index (χ4v) is 3.31. The van der Waals surface area contributed by atoms with Crippen LogP contribution in [0.4, 0.5) is 0 Å². The quantitative estimate of drug-likeness (QED) is 0.712. The fourth-order valence-electron chi connectivity index (χ4n) is 1.91. The summed E-state index contributed by atoms with van der Waals surface area (Å²) in [7, 11) is -3.76. The molecule has 1 rings (SSSR count). The monoisotopic (exact) mass is 270 g/mol. The molecule has 0 radical (unpaired) electrons. The van der Waals surface area contributed by atoms with Crippen molar-refractivity contribution in [3.05, 3.63) is 34.9 Å². The topological polar surface area (TPSA) is 34.1 Å². The van der Waals surface area contributed by atoms with E-state index in [1.54, 1.807) is 13.0 Å². The molecule has 102 valence electrons. The van der Waals surface area contributed by atoms with Crippen molar-refractivity contribution in [1.82, 2.24) is 0 Å². The summed E-state index contributed by atoms with van der Waals surface area (Å²) in [6, 6.07) is 0. The lowest BCUT2D eigenvalue weighted by Crippen LogP contribution is -2.15. The molecule has 0 fully saturated rings. The predicted octanol–water partition coefficient (Wildman–Crippen LogP) is 3.81. The first-order chi connectivity index (χ1) is 9.09. The van der Waals surface area contributed by atoms with Crippen LogP contribution in [-0.4, -0.2) is 19.4 Å². The maximum Gasteiger partial charge on any atom is 0.160 e. The maximum atomic E-state index is 12.1. The Morgan fingerprint density at radius 2 is 2.11 bits per heavy atom. The Morgan fingerprint density at radius 3 is 2.61 bits per heavy atom. The zero-order chi connectivity index (χ0) is 15.6. The lowest BCUT2D eigenvalue weighted by molar-refractivity contribution is 0.593. The van der Waals surface area contributed by atoms with E-state index in [9.17, 15) is 8.42 Å². The summed E-state index contributed by atoms with van der Waals surface area (Å²) in [5.74, 6) is 0. The van der Waals surface area contributed by atoms with E-state index in [1.165, 1.54) is 5.57 Å². The van der Waals surface area contributed by atoms with Gasteiger partial charge in [0.1, 0.15) is 0 Å². The highest BCUT2D eigenvalue weighted by molar-refractivity contribution is 7.92. The van der Waals surface area contributed by atoms with E-state index in [-0.39, 0.29) is 0 Å². The first kappa shape index (κ1) is 12.2. The summed E-state index contributed by atoms with van der Waals surface area (Å²) >= 11 is 0. The summed E-state index contributed by atoms with van der Waals surface area (Å²) in [4.78, 5) is 0. The molecule has 0 N–H and O–H groups in total. The molecule has 0 aliphatic carbocycles. The van der Waals surface area contributed by atoms with Gasteiger partial charge in [-0.2, -0.15) is 0 Å². The molecule has 2 nitrogen and oxygen atoms in total. The van der Waals surface area contributed by atoms with Gasteiger partial charge in [0.15, 0.2) is 9.84 Å². The molecule has 1 unspecified atom stereocenters. The molecular weight excluding hydrogens is 244 g/mol. The van der Waals surface area contributed by atoms with Gasteiger partial charge in [0.2, 0.25) is 0 Å². The van der Waals surface area contributed by atoms with Crippen LogP contribution in [0.5, 0.6) is 0 Å². The number of allylic oxidation sites excluding steroid dienone is 4. The summed E-state index contributed by atoms with van der Waals surface area (Å²) in [6.45, 7) is 7.65. The van der Waals surface area contributed by atoms with E-state index in [0.29, 0.717) is 12.0 Å². The first-order valence-electron chi connectivity index (χ1n) is 7.30. The van der Waals surface area contributed by atoms with Gasteiger partial charge in [-0.1, -0.05) is 34.9 Å². The van der Waals surface area contributed by atoms with Gasteiger partial charge in [-0.25, -0.2) is 8.42 Å². The van der Waals surface area contributed by atoms with E-state index in [1.807, 2.05) is 13.0 Å². The van der Waals surface area contributed by atoms with Gasteiger partial charge in [0, 0.05) is 2.74 Å². The van der Waals surface area contributed by atoms with Crippen molar-refractivity contribution >= 4 is 9.84 Å². The second-order valence-electron chi connectivity index (χ2n) is 5.14. The standard InChI is InChI=1S/C15H24O2S/c1-12(2)6-5-7-13(3)8-9-15-10-14(4)11-18(15,16)17/h6,8,10,15H,5,7,9,11H2,1-4H3/b13-8+/i11D2. The van der Waals surface area contributed by atoms with Gasteiger partial charge >= 0.3 is 0 Å². The van der Waals surface area contributed by atoms with Crippen LogP contribution < -0.4 is 0 Å². The second kappa shape index (κ2) is 6.37. The lowest BCUT2D eigenvalue weighted by Gasteiger charge is -2.05. The number of rotatable bonds is 5. The molecule has 1 heterocycles. The minimum absolute atomic E-state index is 0.304. The molecule has 3 heteroatoms. The summed E-state index contributed by atoms with van der Waals surface area (Å²) in [5.41, 5.74) is 0.527. The van der Waals surface area contributed by atoms with E-state index < -0.39 is 20.8 Å². The van der Waals surface area contributed by atoms with Crippen molar-refractivity contribution in [1.29, 1.82) is 0 Å². The summed E-state index contributed by atoms with van der Waals surface area (Å²) in [6.07, 6.45) is 7.86. The van der Waals surface area contributed by atoms with Crippen LogP contribution in [0, 0.1) is 0 Å². The Balaban J connectivity index is 2.69. The van der Waals surface area contributed by atoms with E-state index >= 15 is 0 Å². The van der Waals surface area contributed by atoms with E-state index in [4.69, 9.17) is 2.74 Å². The summed E-state index contributed by atoms with van der Waals surface area (Å²) < 4.78 is 39.5. The highest BCUT2D eigenvalue weighted by atomic mass is 32.2. The molecule has 1 aliphatic rings. The molecule has 0 spiro atoms. The zero-order valence-electron chi connectivity index (χ0n) is 13.7. The largest absolute Gasteiger partial charge is 0.228 e. The molecule has 0 saturated carbocycles. The average molecular weight is 270 g/mol. The molecule has 18 heavy (non-hydrogen) atoms. The highest BCUT2D eigenvalue weighted by Crippen LogP contribution is 2.22. The summed E-state index contributed by atoms with van der Waals surface area (Å²) in [5, 5.41) is -0.726. The number of hydrogen-bond acceptors (Lipinski definition) is 2. The fraction of sp³-hybridized carbons (Fsp3) is 0.600. The van der Waals surface area contributed by atoms with Crippen molar-refractivity contribution in [2.45, 2.75) is 52.2 Å². The number of hydrogen-bond donors (Lipinski definition) is 0. The third-order valence-corrected chi connectivity index (χ3v) is 4.66. The molecule has 0 saturated heterocycles. The Morgan fingerprint density at radius 1 is 1.44 bits per heavy atom. The van der Waals surface area contributed by atoms with Crippen molar-refractivity contribution in [3.63, 3.8) is 0 Å². The van der Waals surface area contributed by atoms with Gasteiger partial charge in [0.05, 0.1) is 11.0 Å².